The van der Waals surface area contributed by atoms with Crippen LogP contribution in [0.25, 0.3) is 0 Å². The van der Waals surface area contributed by atoms with E-state index in [4.69, 9.17) is 19.2 Å². The van der Waals surface area contributed by atoms with Crippen LogP contribution in [-0.2, 0) is 48.0 Å². The van der Waals surface area contributed by atoms with Gasteiger partial charge in [0.1, 0.15) is 12.7 Å². The molecular formula is C21H26O10. The van der Waals surface area contributed by atoms with Crippen molar-refractivity contribution in [1.82, 2.24) is 0 Å². The molecule has 2 aliphatic carbocycles. The van der Waals surface area contributed by atoms with Gasteiger partial charge in [0.25, 0.3) is 0 Å². The maximum absolute atomic E-state index is 12.4. The molecule has 0 spiro atoms. The Morgan fingerprint density at radius 3 is 2.10 bits per heavy atom. The lowest BCUT2D eigenvalue weighted by molar-refractivity contribution is -0.312. The van der Waals surface area contributed by atoms with Crippen molar-refractivity contribution in [2.75, 3.05) is 13.2 Å². The molecule has 4 aliphatic rings. The summed E-state index contributed by atoms with van der Waals surface area (Å²) < 4.78 is 14.7. The van der Waals surface area contributed by atoms with Gasteiger partial charge in [0.05, 0.1) is 36.2 Å². The first-order chi connectivity index (χ1) is 14.8. The summed E-state index contributed by atoms with van der Waals surface area (Å²) in [5.74, 6) is -4.44. The molecule has 2 saturated carbocycles. The van der Waals surface area contributed by atoms with Crippen LogP contribution in [0.1, 0.15) is 45.4 Å². The van der Waals surface area contributed by atoms with Crippen LogP contribution in [0.2, 0.25) is 0 Å². The minimum Gasteiger partial charge on any atom is -0.460 e. The normalized spacial score (nSPS) is 35.8. The van der Waals surface area contributed by atoms with Crippen molar-refractivity contribution >= 4 is 29.8 Å². The van der Waals surface area contributed by atoms with Crippen LogP contribution in [-0.4, -0.2) is 49.2 Å². The van der Waals surface area contributed by atoms with Crippen LogP contribution in [0.3, 0.4) is 0 Å². The highest BCUT2D eigenvalue weighted by Crippen LogP contribution is 2.40. The highest BCUT2D eigenvalue weighted by Gasteiger charge is 2.49. The third-order valence-corrected chi connectivity index (χ3v) is 6.76. The van der Waals surface area contributed by atoms with E-state index >= 15 is 0 Å². The zero-order valence-corrected chi connectivity index (χ0v) is 17.3. The molecule has 4 rings (SSSR count). The van der Waals surface area contributed by atoms with E-state index < -0.39 is 59.6 Å². The molecule has 7 atom stereocenters. The summed E-state index contributed by atoms with van der Waals surface area (Å²) in [6, 6.07) is 0. The first-order valence-corrected chi connectivity index (χ1v) is 10.8. The van der Waals surface area contributed by atoms with E-state index in [1.54, 1.807) is 6.92 Å². The third kappa shape index (κ3) is 4.64. The quantitative estimate of drug-likeness (QED) is 0.142. The van der Waals surface area contributed by atoms with E-state index in [2.05, 4.69) is 4.74 Å². The number of esters is 5. The molecule has 2 saturated heterocycles. The summed E-state index contributed by atoms with van der Waals surface area (Å²) in [6.07, 6.45) is 2.48. The molecule has 10 nitrogen and oxygen atoms in total. The van der Waals surface area contributed by atoms with Gasteiger partial charge in [-0.2, -0.15) is 0 Å². The largest absolute Gasteiger partial charge is 0.460 e. The fourth-order valence-electron chi connectivity index (χ4n) is 5.00. The topological polar surface area (TPSA) is 132 Å². The Morgan fingerprint density at radius 2 is 1.42 bits per heavy atom. The number of cyclic esters (lactones) is 4. The lowest BCUT2D eigenvalue weighted by Gasteiger charge is -2.28. The molecule has 0 amide bonds. The van der Waals surface area contributed by atoms with Gasteiger partial charge < -0.3 is 14.2 Å². The van der Waals surface area contributed by atoms with Gasteiger partial charge in [0.2, 0.25) is 0 Å². The molecule has 0 N–H and O–H groups in total. The average Bonchev–Trinajstić information content (AvgIpc) is 3.19. The van der Waals surface area contributed by atoms with Gasteiger partial charge in [-0.3, -0.25) is 24.0 Å². The fraction of sp³-hybridized carbons (Fsp3) is 0.762. The van der Waals surface area contributed by atoms with Crippen molar-refractivity contribution < 1.29 is 48.0 Å². The number of hydrogen-bond acceptors (Lipinski definition) is 10. The first kappa shape index (κ1) is 21.9. The zero-order valence-electron chi connectivity index (χ0n) is 17.3. The monoisotopic (exact) mass is 438 g/mol. The molecule has 2 heterocycles. The zero-order chi connectivity index (χ0) is 22.1. The minimum absolute atomic E-state index is 0.0321. The van der Waals surface area contributed by atoms with Crippen LogP contribution in [0.15, 0.2) is 0 Å². The summed E-state index contributed by atoms with van der Waals surface area (Å²) in [5, 5.41) is 0. The van der Waals surface area contributed by atoms with E-state index in [0.29, 0.717) is 25.7 Å². The summed E-state index contributed by atoms with van der Waals surface area (Å²) in [5.41, 5.74) is 0. The van der Waals surface area contributed by atoms with Crippen molar-refractivity contribution in [3.63, 3.8) is 0 Å². The number of carbonyl (C=O) groups excluding carboxylic acids is 5. The van der Waals surface area contributed by atoms with E-state index in [1.807, 2.05) is 0 Å². The molecule has 170 valence electrons. The predicted molar refractivity (Wildman–Crippen MR) is 98.3 cm³/mol. The van der Waals surface area contributed by atoms with E-state index in [-0.39, 0.29) is 31.5 Å². The summed E-state index contributed by atoms with van der Waals surface area (Å²) in [7, 11) is 0. The maximum Gasteiger partial charge on any atom is 0.317 e. The maximum atomic E-state index is 12.4. The highest BCUT2D eigenvalue weighted by molar-refractivity contribution is 5.97. The average molecular weight is 438 g/mol. The number of hydrogen-bond donors (Lipinski definition) is 0. The standard InChI is InChI=1S/C21H26O10/c1-10(29-17(22)12-3-5-14-16(7-12)21(26)31-19(14)24)8-27-28-9-11-2-4-13-15(6-11)20(25)30-18(13)23/h10-16H,2-9H2,1H3. The highest BCUT2D eigenvalue weighted by atomic mass is 17.2. The number of carbonyl (C=O) groups is 5. The summed E-state index contributed by atoms with van der Waals surface area (Å²) >= 11 is 0. The number of fused-ring (bicyclic) bond motifs is 2. The molecule has 0 aromatic heterocycles. The van der Waals surface area contributed by atoms with Gasteiger partial charge in [-0.1, -0.05) is 0 Å². The molecule has 10 heteroatoms. The molecule has 4 fully saturated rings. The molecule has 0 aromatic rings. The van der Waals surface area contributed by atoms with Crippen molar-refractivity contribution in [1.29, 1.82) is 0 Å². The Hall–Kier alpha value is -2.33. The lowest BCUT2D eigenvalue weighted by Crippen LogP contribution is -2.34. The minimum atomic E-state index is -0.559. The number of ether oxygens (including phenoxy) is 3. The van der Waals surface area contributed by atoms with Crippen LogP contribution in [0, 0.1) is 35.5 Å². The predicted octanol–water partition coefficient (Wildman–Crippen LogP) is 1.10. The molecule has 2 aliphatic heterocycles. The van der Waals surface area contributed by atoms with Gasteiger partial charge in [0.15, 0.2) is 0 Å². The van der Waals surface area contributed by atoms with Crippen LogP contribution in [0.5, 0.6) is 0 Å². The van der Waals surface area contributed by atoms with E-state index in [9.17, 15) is 24.0 Å². The Balaban J connectivity index is 1.13. The van der Waals surface area contributed by atoms with Crippen molar-refractivity contribution in [3.05, 3.63) is 0 Å². The fourth-order valence-corrected chi connectivity index (χ4v) is 5.00. The third-order valence-electron chi connectivity index (χ3n) is 6.76. The molecule has 0 aromatic carbocycles. The summed E-state index contributed by atoms with van der Waals surface area (Å²) in [6.45, 7) is 1.98. The second-order valence-corrected chi connectivity index (χ2v) is 8.91. The van der Waals surface area contributed by atoms with Crippen LogP contribution in [0.4, 0.5) is 0 Å². The van der Waals surface area contributed by atoms with Crippen molar-refractivity contribution in [2.24, 2.45) is 35.5 Å². The Morgan fingerprint density at radius 1 is 0.839 bits per heavy atom. The lowest BCUT2D eigenvalue weighted by atomic mass is 9.75. The Labute approximate surface area is 178 Å². The van der Waals surface area contributed by atoms with Gasteiger partial charge >= 0.3 is 29.8 Å². The Bertz CT molecular complexity index is 776. The van der Waals surface area contributed by atoms with E-state index in [1.165, 1.54) is 0 Å². The van der Waals surface area contributed by atoms with Gasteiger partial charge in [-0.05, 0) is 51.4 Å². The molecule has 7 unspecified atom stereocenters. The Kier molecular flexibility index (Phi) is 6.38. The molecule has 0 radical (unpaired) electrons. The molecule has 31 heavy (non-hydrogen) atoms. The summed E-state index contributed by atoms with van der Waals surface area (Å²) in [4.78, 5) is 69.4. The van der Waals surface area contributed by atoms with Crippen molar-refractivity contribution in [2.45, 2.75) is 51.6 Å². The van der Waals surface area contributed by atoms with E-state index in [0.717, 1.165) is 6.42 Å². The van der Waals surface area contributed by atoms with Gasteiger partial charge in [-0.15, -0.1) is 0 Å². The first-order valence-electron chi connectivity index (χ1n) is 10.8. The van der Waals surface area contributed by atoms with Crippen LogP contribution >= 0.6 is 0 Å². The van der Waals surface area contributed by atoms with Gasteiger partial charge in [-0.25, -0.2) is 9.78 Å². The van der Waals surface area contributed by atoms with Crippen molar-refractivity contribution in [3.8, 4) is 0 Å². The second kappa shape index (κ2) is 9.04. The second-order valence-electron chi connectivity index (χ2n) is 8.91. The molecule has 0 bridgehead atoms. The number of rotatable bonds is 7. The van der Waals surface area contributed by atoms with Gasteiger partial charge in [0, 0.05) is 0 Å². The van der Waals surface area contributed by atoms with Crippen LogP contribution < -0.4 is 0 Å². The molecular weight excluding hydrogens is 412 g/mol. The smallest absolute Gasteiger partial charge is 0.317 e. The SMILES string of the molecule is CC(COOCC1CCC2C(=O)OC(=O)C2C1)OC(=O)C1CCC2C(=O)OC(=O)C2C1.